The molecule has 1 aliphatic carbocycles. The molecule has 6 heteroatoms. The van der Waals surface area contributed by atoms with Crippen LogP contribution in [0.3, 0.4) is 0 Å². The van der Waals surface area contributed by atoms with Gasteiger partial charge in [-0.25, -0.2) is 0 Å². The highest BCUT2D eigenvalue weighted by atomic mass is 28.4. The minimum atomic E-state index is -1.71. The third-order valence-corrected chi connectivity index (χ3v) is 4.57. The van der Waals surface area contributed by atoms with Crippen LogP contribution in [-0.2, 0) is 23.5 Å². The Morgan fingerprint density at radius 1 is 1.27 bits per heavy atom. The van der Waals surface area contributed by atoms with Gasteiger partial charge in [-0.05, 0) is 51.9 Å². The van der Waals surface area contributed by atoms with E-state index in [-0.39, 0.29) is 18.4 Å². The molecule has 0 aromatic heterocycles. The molecule has 0 aliphatic heterocycles. The van der Waals surface area contributed by atoms with Gasteiger partial charge in [-0.1, -0.05) is 6.92 Å². The van der Waals surface area contributed by atoms with E-state index in [9.17, 15) is 9.59 Å². The maximum absolute atomic E-state index is 12.5. The molecular formula is C16H28O5Si. The molecule has 126 valence electrons. The lowest BCUT2D eigenvalue weighted by molar-refractivity contribution is -0.178. The van der Waals surface area contributed by atoms with Crippen molar-refractivity contribution in [1.82, 2.24) is 0 Å². The molecule has 5 nitrogen and oxygen atoms in total. The van der Waals surface area contributed by atoms with Crippen molar-refractivity contribution in [1.29, 1.82) is 0 Å². The molecule has 0 aromatic rings. The van der Waals surface area contributed by atoms with Gasteiger partial charge in [0.15, 0.2) is 5.41 Å². The van der Waals surface area contributed by atoms with Gasteiger partial charge in [-0.3, -0.25) is 9.59 Å². The first-order chi connectivity index (χ1) is 10.0. The van der Waals surface area contributed by atoms with Crippen LogP contribution in [0.4, 0.5) is 0 Å². The molecule has 0 aromatic carbocycles. The lowest BCUT2D eigenvalue weighted by atomic mass is 9.69. The molecule has 1 aliphatic rings. The number of hydrogen-bond donors (Lipinski definition) is 0. The number of methoxy groups -OCH3 is 1. The Balaban J connectivity index is 3.10. The number of allylic oxidation sites excluding steroid dienone is 2. The van der Waals surface area contributed by atoms with Gasteiger partial charge in [-0.2, -0.15) is 0 Å². The second-order valence-electron chi connectivity index (χ2n) is 7.11. The topological polar surface area (TPSA) is 61.8 Å². The molecule has 0 unspecified atom stereocenters. The van der Waals surface area contributed by atoms with E-state index in [4.69, 9.17) is 13.9 Å². The summed E-state index contributed by atoms with van der Waals surface area (Å²) in [5.74, 6) is -0.412. The van der Waals surface area contributed by atoms with Crippen molar-refractivity contribution >= 4 is 20.3 Å². The van der Waals surface area contributed by atoms with Gasteiger partial charge in [0, 0.05) is 6.42 Å². The number of carbonyl (C=O) groups excluding carboxylic acids is 2. The minimum Gasteiger partial charge on any atom is -0.548 e. The number of esters is 2. The first kappa shape index (κ1) is 18.7. The van der Waals surface area contributed by atoms with Crippen LogP contribution >= 0.6 is 0 Å². The molecule has 0 spiro atoms. The molecular weight excluding hydrogens is 300 g/mol. The fourth-order valence-corrected chi connectivity index (χ4v) is 3.62. The van der Waals surface area contributed by atoms with E-state index in [0.29, 0.717) is 6.42 Å². The molecule has 22 heavy (non-hydrogen) atoms. The summed E-state index contributed by atoms with van der Waals surface area (Å²) in [6.45, 7) is 11.7. The van der Waals surface area contributed by atoms with Crippen LogP contribution in [0.25, 0.3) is 0 Å². The third kappa shape index (κ3) is 4.12. The predicted molar refractivity (Wildman–Crippen MR) is 86.6 cm³/mol. The Morgan fingerprint density at radius 2 is 1.86 bits per heavy atom. The zero-order valence-corrected chi connectivity index (χ0v) is 15.7. The third-order valence-electron chi connectivity index (χ3n) is 3.69. The highest BCUT2D eigenvalue weighted by Crippen LogP contribution is 2.43. The molecule has 0 bridgehead atoms. The summed E-state index contributed by atoms with van der Waals surface area (Å²) in [7, 11) is -0.407. The molecule has 0 heterocycles. The van der Waals surface area contributed by atoms with Gasteiger partial charge >= 0.3 is 11.9 Å². The number of hydrogen-bond acceptors (Lipinski definition) is 5. The summed E-state index contributed by atoms with van der Waals surface area (Å²) < 4.78 is 16.2. The summed E-state index contributed by atoms with van der Waals surface area (Å²) in [5.41, 5.74) is -1.27. The van der Waals surface area contributed by atoms with Gasteiger partial charge in [0.05, 0.1) is 19.0 Å². The van der Waals surface area contributed by atoms with E-state index in [1.54, 1.807) is 13.8 Å². The van der Waals surface area contributed by atoms with Crippen molar-refractivity contribution in [2.45, 2.75) is 59.4 Å². The second kappa shape index (κ2) is 6.85. The fourth-order valence-electron chi connectivity index (χ4n) is 2.67. The molecule has 2 atom stereocenters. The first-order valence-corrected chi connectivity index (χ1v) is 11.1. The van der Waals surface area contributed by atoms with E-state index < -0.39 is 25.7 Å². The second-order valence-corrected chi connectivity index (χ2v) is 11.5. The maximum atomic E-state index is 12.5. The molecule has 1 rings (SSSR count). The first-order valence-electron chi connectivity index (χ1n) is 7.70. The summed E-state index contributed by atoms with van der Waals surface area (Å²) >= 11 is 0. The Hall–Kier alpha value is -1.30. The van der Waals surface area contributed by atoms with Crippen molar-refractivity contribution in [3.8, 4) is 0 Å². The molecule has 0 saturated carbocycles. The van der Waals surface area contributed by atoms with E-state index in [1.165, 1.54) is 7.11 Å². The Labute approximate surface area is 134 Å². The van der Waals surface area contributed by atoms with Crippen molar-refractivity contribution in [2.24, 2.45) is 11.3 Å². The van der Waals surface area contributed by atoms with Crippen LogP contribution in [0.1, 0.15) is 33.6 Å². The lowest BCUT2D eigenvalue weighted by Gasteiger charge is -2.38. The van der Waals surface area contributed by atoms with Gasteiger partial charge in [-0.15, -0.1) is 0 Å². The van der Waals surface area contributed by atoms with Gasteiger partial charge in [0.25, 0.3) is 0 Å². The van der Waals surface area contributed by atoms with Crippen LogP contribution in [0.5, 0.6) is 0 Å². The SMILES string of the molecule is COC(=O)[C@@]1(C(=O)OC(C)C)CC=C(O[Si](C)(C)C)C[C@@H]1C. The largest absolute Gasteiger partial charge is 0.548 e. The zero-order valence-electron chi connectivity index (χ0n) is 14.7. The molecule has 0 fully saturated rings. The number of ether oxygens (including phenoxy) is 2. The average Bonchev–Trinajstić information content (AvgIpc) is 2.35. The average molecular weight is 328 g/mol. The highest BCUT2D eigenvalue weighted by Gasteiger charge is 2.54. The quantitative estimate of drug-likeness (QED) is 0.440. The van der Waals surface area contributed by atoms with Crippen LogP contribution in [0.2, 0.25) is 19.6 Å². The van der Waals surface area contributed by atoms with Crippen molar-refractivity contribution in [2.75, 3.05) is 7.11 Å². The van der Waals surface area contributed by atoms with E-state index >= 15 is 0 Å². The standard InChI is InChI=1S/C16H28O5Si/c1-11(2)20-15(18)16(14(17)19-4)9-8-13(10-12(16)3)21-22(5,6)7/h8,11-12H,9-10H2,1-7H3/t12-,16+/m0/s1. The Kier molecular flexibility index (Phi) is 5.84. The van der Waals surface area contributed by atoms with E-state index in [1.807, 2.05) is 13.0 Å². The summed E-state index contributed by atoms with van der Waals surface area (Å²) in [5, 5.41) is 0. The molecule has 0 N–H and O–H groups in total. The van der Waals surface area contributed by atoms with Crippen molar-refractivity contribution < 1.29 is 23.5 Å². The summed E-state index contributed by atoms with van der Waals surface area (Å²) in [6.07, 6.45) is 2.36. The molecule has 0 radical (unpaired) electrons. The maximum Gasteiger partial charge on any atom is 0.324 e. The summed E-state index contributed by atoms with van der Waals surface area (Å²) in [4.78, 5) is 24.9. The summed E-state index contributed by atoms with van der Waals surface area (Å²) in [6, 6.07) is 0. The van der Waals surface area contributed by atoms with Gasteiger partial charge in [0.1, 0.15) is 0 Å². The minimum absolute atomic E-state index is 0.234. The van der Waals surface area contributed by atoms with E-state index in [0.717, 1.165) is 5.76 Å². The predicted octanol–water partition coefficient (Wildman–Crippen LogP) is 3.26. The zero-order chi connectivity index (χ0) is 17.1. The van der Waals surface area contributed by atoms with Crippen molar-refractivity contribution in [3.05, 3.63) is 11.8 Å². The fraction of sp³-hybridized carbons (Fsp3) is 0.750. The van der Waals surface area contributed by atoms with Gasteiger partial charge < -0.3 is 13.9 Å². The lowest BCUT2D eigenvalue weighted by Crippen LogP contribution is -2.49. The van der Waals surface area contributed by atoms with Crippen LogP contribution < -0.4 is 0 Å². The number of rotatable bonds is 5. The van der Waals surface area contributed by atoms with E-state index in [2.05, 4.69) is 19.6 Å². The van der Waals surface area contributed by atoms with Crippen molar-refractivity contribution in [3.63, 3.8) is 0 Å². The number of carbonyl (C=O) groups is 2. The highest BCUT2D eigenvalue weighted by molar-refractivity contribution is 6.70. The van der Waals surface area contributed by atoms with Gasteiger partial charge in [0.2, 0.25) is 8.32 Å². The molecule has 0 saturated heterocycles. The van der Waals surface area contributed by atoms with Crippen LogP contribution in [0, 0.1) is 11.3 Å². The normalized spacial score (nSPS) is 25.5. The van der Waals surface area contributed by atoms with Crippen LogP contribution in [0.15, 0.2) is 11.8 Å². The van der Waals surface area contributed by atoms with Crippen LogP contribution in [-0.4, -0.2) is 33.5 Å². The molecule has 0 amide bonds. The Morgan fingerprint density at radius 3 is 2.27 bits per heavy atom. The Bertz CT molecular complexity index is 464. The monoisotopic (exact) mass is 328 g/mol. The smallest absolute Gasteiger partial charge is 0.324 e.